The standard InChI is InChI=1S/C13H13BrClN3OS/c1-13(2,12(19)18-16)9-10(14)20-11(17-9)7-3-5-8(15)6-4-7/h3-6H,16H2,1-2H3,(H,18,19). The number of hydrogen-bond acceptors (Lipinski definition) is 4. The summed E-state index contributed by atoms with van der Waals surface area (Å²) < 4.78 is 0.816. The number of nitrogens with one attached hydrogen (secondary N) is 1. The Bertz CT molecular complexity index is 640. The second kappa shape index (κ2) is 5.81. The van der Waals surface area contributed by atoms with E-state index in [0.29, 0.717) is 10.7 Å². The van der Waals surface area contributed by atoms with Gasteiger partial charge in [-0.3, -0.25) is 10.2 Å². The van der Waals surface area contributed by atoms with E-state index in [1.54, 1.807) is 13.8 Å². The van der Waals surface area contributed by atoms with E-state index >= 15 is 0 Å². The van der Waals surface area contributed by atoms with E-state index in [1.165, 1.54) is 11.3 Å². The van der Waals surface area contributed by atoms with Crippen LogP contribution in [0.1, 0.15) is 19.5 Å². The van der Waals surface area contributed by atoms with Crippen molar-refractivity contribution in [3.8, 4) is 10.6 Å². The van der Waals surface area contributed by atoms with Crippen LogP contribution in [-0.2, 0) is 10.2 Å². The van der Waals surface area contributed by atoms with Crippen molar-refractivity contribution in [3.05, 3.63) is 38.8 Å². The summed E-state index contributed by atoms with van der Waals surface area (Å²) >= 11 is 10.8. The zero-order chi connectivity index (χ0) is 14.9. The van der Waals surface area contributed by atoms with Crippen LogP contribution in [0.25, 0.3) is 10.6 Å². The van der Waals surface area contributed by atoms with Crippen molar-refractivity contribution in [1.29, 1.82) is 0 Å². The zero-order valence-electron chi connectivity index (χ0n) is 10.9. The minimum absolute atomic E-state index is 0.286. The van der Waals surface area contributed by atoms with Gasteiger partial charge in [-0.05, 0) is 41.9 Å². The minimum atomic E-state index is -0.811. The second-order valence-corrected chi connectivity index (χ2v) is 7.50. The van der Waals surface area contributed by atoms with E-state index in [9.17, 15) is 4.79 Å². The fourth-order valence-electron chi connectivity index (χ4n) is 1.69. The first kappa shape index (κ1) is 15.4. The van der Waals surface area contributed by atoms with Crippen LogP contribution in [0, 0.1) is 0 Å². The van der Waals surface area contributed by atoms with E-state index in [4.69, 9.17) is 17.4 Å². The van der Waals surface area contributed by atoms with E-state index in [-0.39, 0.29) is 5.91 Å². The molecule has 0 bridgehead atoms. The van der Waals surface area contributed by atoms with E-state index in [0.717, 1.165) is 14.4 Å². The van der Waals surface area contributed by atoms with Gasteiger partial charge >= 0.3 is 0 Å². The first-order chi connectivity index (χ1) is 9.36. The molecule has 4 nitrogen and oxygen atoms in total. The summed E-state index contributed by atoms with van der Waals surface area (Å²) in [7, 11) is 0. The predicted octanol–water partition coefficient (Wildman–Crippen LogP) is 3.49. The van der Waals surface area contributed by atoms with Crippen LogP contribution in [-0.4, -0.2) is 10.9 Å². The van der Waals surface area contributed by atoms with E-state index in [2.05, 4.69) is 26.3 Å². The lowest BCUT2D eigenvalue weighted by Gasteiger charge is -2.20. The smallest absolute Gasteiger partial charge is 0.245 e. The molecule has 3 N–H and O–H groups in total. The number of carbonyl (C=O) groups excluding carboxylic acids is 1. The van der Waals surface area contributed by atoms with Gasteiger partial charge in [0.05, 0.1) is 14.9 Å². The highest BCUT2D eigenvalue weighted by Crippen LogP contribution is 2.38. The molecule has 0 atom stereocenters. The van der Waals surface area contributed by atoms with Gasteiger partial charge in [0, 0.05) is 10.6 Å². The zero-order valence-corrected chi connectivity index (χ0v) is 14.1. The molecule has 1 aromatic carbocycles. The molecule has 0 spiro atoms. The second-order valence-electron chi connectivity index (χ2n) is 4.75. The topological polar surface area (TPSA) is 68.0 Å². The van der Waals surface area contributed by atoms with Crippen LogP contribution in [0.2, 0.25) is 5.02 Å². The average Bonchev–Trinajstić information content (AvgIpc) is 2.81. The summed E-state index contributed by atoms with van der Waals surface area (Å²) in [4.78, 5) is 16.4. The number of hydrazine groups is 1. The lowest BCUT2D eigenvalue weighted by molar-refractivity contribution is -0.125. The Balaban J connectivity index is 2.44. The summed E-state index contributed by atoms with van der Waals surface area (Å²) in [6.45, 7) is 3.56. The van der Waals surface area contributed by atoms with Crippen LogP contribution >= 0.6 is 38.9 Å². The van der Waals surface area contributed by atoms with Crippen LogP contribution < -0.4 is 11.3 Å². The lowest BCUT2D eigenvalue weighted by Crippen LogP contribution is -2.44. The molecule has 1 heterocycles. The molecule has 7 heteroatoms. The maximum absolute atomic E-state index is 11.9. The predicted molar refractivity (Wildman–Crippen MR) is 85.6 cm³/mol. The van der Waals surface area contributed by atoms with Gasteiger partial charge in [-0.2, -0.15) is 0 Å². The Morgan fingerprint density at radius 2 is 2.00 bits per heavy atom. The molecule has 0 unspecified atom stereocenters. The molecule has 0 aliphatic carbocycles. The Hall–Kier alpha value is -0.950. The van der Waals surface area contributed by atoms with Gasteiger partial charge in [0.25, 0.3) is 0 Å². The van der Waals surface area contributed by atoms with Gasteiger partial charge in [0.15, 0.2) is 0 Å². The molecule has 2 rings (SSSR count). The van der Waals surface area contributed by atoms with Crippen molar-refractivity contribution in [1.82, 2.24) is 10.4 Å². The van der Waals surface area contributed by atoms with Gasteiger partial charge in [-0.25, -0.2) is 10.8 Å². The summed E-state index contributed by atoms with van der Waals surface area (Å²) in [6, 6.07) is 7.41. The number of thiazole rings is 1. The first-order valence-electron chi connectivity index (χ1n) is 5.80. The van der Waals surface area contributed by atoms with E-state index < -0.39 is 5.41 Å². The molecule has 0 fully saturated rings. The van der Waals surface area contributed by atoms with Crippen molar-refractivity contribution in [2.24, 2.45) is 5.84 Å². The SMILES string of the molecule is CC(C)(C(=O)NN)c1nc(-c2ccc(Cl)cc2)sc1Br. The molecule has 0 aliphatic heterocycles. The summed E-state index contributed by atoms with van der Waals surface area (Å²) in [5, 5.41) is 1.49. The van der Waals surface area contributed by atoms with Crippen LogP contribution in [0.4, 0.5) is 0 Å². The number of amides is 1. The third kappa shape index (κ3) is 2.88. The molecule has 20 heavy (non-hydrogen) atoms. The molecular formula is C13H13BrClN3OS. The fourth-order valence-corrected chi connectivity index (χ4v) is 3.82. The minimum Gasteiger partial charge on any atom is -0.293 e. The highest BCUT2D eigenvalue weighted by molar-refractivity contribution is 9.11. The number of rotatable bonds is 3. The largest absolute Gasteiger partial charge is 0.293 e. The van der Waals surface area contributed by atoms with E-state index in [1.807, 2.05) is 24.3 Å². The number of nitrogens with zero attached hydrogens (tertiary/aromatic N) is 1. The molecule has 1 amide bonds. The Kier molecular flexibility index (Phi) is 4.49. The van der Waals surface area contributed by atoms with Crippen molar-refractivity contribution in [2.45, 2.75) is 19.3 Å². The average molecular weight is 375 g/mol. The third-order valence-electron chi connectivity index (χ3n) is 2.97. The molecular weight excluding hydrogens is 362 g/mol. The van der Waals surface area contributed by atoms with Crippen molar-refractivity contribution in [3.63, 3.8) is 0 Å². The number of carbonyl (C=O) groups is 1. The maximum atomic E-state index is 11.9. The number of aromatic nitrogens is 1. The molecule has 0 radical (unpaired) electrons. The van der Waals surface area contributed by atoms with Crippen molar-refractivity contribution >= 4 is 44.8 Å². The Morgan fingerprint density at radius 3 is 2.55 bits per heavy atom. The molecule has 0 saturated heterocycles. The number of nitrogens with two attached hydrogens (primary N) is 1. The van der Waals surface area contributed by atoms with Gasteiger partial charge in [-0.1, -0.05) is 23.7 Å². The summed E-state index contributed by atoms with van der Waals surface area (Å²) in [6.07, 6.45) is 0. The first-order valence-corrected chi connectivity index (χ1v) is 7.79. The molecule has 0 aliphatic rings. The molecule has 106 valence electrons. The number of hydrogen-bond donors (Lipinski definition) is 2. The Morgan fingerprint density at radius 1 is 1.40 bits per heavy atom. The monoisotopic (exact) mass is 373 g/mol. The third-order valence-corrected chi connectivity index (χ3v) is 4.97. The van der Waals surface area contributed by atoms with Gasteiger partial charge in [0.1, 0.15) is 5.01 Å². The number of benzene rings is 1. The van der Waals surface area contributed by atoms with Crippen LogP contribution in [0.15, 0.2) is 28.1 Å². The highest BCUT2D eigenvalue weighted by Gasteiger charge is 2.34. The highest BCUT2D eigenvalue weighted by atomic mass is 79.9. The van der Waals surface area contributed by atoms with Crippen LogP contribution in [0.3, 0.4) is 0 Å². The molecule has 1 aromatic heterocycles. The van der Waals surface area contributed by atoms with Crippen LogP contribution in [0.5, 0.6) is 0 Å². The quantitative estimate of drug-likeness (QED) is 0.491. The normalized spacial score (nSPS) is 11.4. The molecule has 2 aromatic rings. The van der Waals surface area contributed by atoms with Gasteiger partial charge in [0.2, 0.25) is 5.91 Å². The molecule has 0 saturated carbocycles. The van der Waals surface area contributed by atoms with Gasteiger partial charge in [-0.15, -0.1) is 11.3 Å². The lowest BCUT2D eigenvalue weighted by atomic mass is 9.89. The summed E-state index contributed by atoms with van der Waals surface area (Å²) in [5.41, 5.74) is 2.98. The summed E-state index contributed by atoms with van der Waals surface area (Å²) in [5.74, 6) is 4.94. The maximum Gasteiger partial charge on any atom is 0.245 e. The van der Waals surface area contributed by atoms with Gasteiger partial charge < -0.3 is 0 Å². The fraction of sp³-hybridized carbons (Fsp3) is 0.231. The number of halogens is 2. The van der Waals surface area contributed by atoms with Crippen molar-refractivity contribution < 1.29 is 4.79 Å². The Labute approximate surface area is 134 Å². The van der Waals surface area contributed by atoms with Crippen molar-refractivity contribution in [2.75, 3.05) is 0 Å².